The van der Waals surface area contributed by atoms with Crippen LogP contribution in [0.3, 0.4) is 0 Å². The molecule has 8 nitrogen and oxygen atoms in total. The molecule has 0 aliphatic heterocycles. The molecule has 0 heterocycles. The van der Waals surface area contributed by atoms with Gasteiger partial charge in [-0.25, -0.2) is 4.79 Å². The van der Waals surface area contributed by atoms with E-state index in [4.69, 9.17) is 4.74 Å². The third-order valence-corrected chi connectivity index (χ3v) is 6.10. The lowest BCUT2D eigenvalue weighted by molar-refractivity contribution is -0.142. The number of phenolic OH excluding ortho intramolecular Hbond substituents is 1. The van der Waals surface area contributed by atoms with Crippen LogP contribution in [0.4, 0.5) is 10.5 Å². The van der Waals surface area contributed by atoms with E-state index in [9.17, 15) is 19.5 Å². The van der Waals surface area contributed by atoms with Crippen molar-refractivity contribution in [2.75, 3.05) is 11.1 Å². The second kappa shape index (κ2) is 12.2. The molecule has 9 heteroatoms. The number of nitrogens with one attached hydrogen (secondary N) is 2. The molecule has 3 aromatic rings. The summed E-state index contributed by atoms with van der Waals surface area (Å²) >= 11 is 4.29. The zero-order valence-corrected chi connectivity index (χ0v) is 23.2. The molecule has 0 fully saturated rings. The monoisotopic (exact) mass is 537 g/mol. The minimum Gasteiger partial charge on any atom is -0.508 e. The van der Waals surface area contributed by atoms with Crippen molar-refractivity contribution >= 4 is 47.0 Å². The molecule has 0 aromatic heterocycles. The molecule has 3 rings (SSSR count). The molecule has 0 spiro atoms. The summed E-state index contributed by atoms with van der Waals surface area (Å²) in [5, 5.41) is 17.3. The molecular weight excluding hydrogens is 502 g/mol. The fourth-order valence-corrected chi connectivity index (χ4v) is 4.32. The van der Waals surface area contributed by atoms with Crippen molar-refractivity contribution in [2.24, 2.45) is 0 Å². The highest BCUT2D eigenvalue weighted by Gasteiger charge is 2.37. The standard InChI is InChI=1S/C29H35N3O5S/c1-18(2)32(27(35)24(17-38)31-28(36)37-29(3,4)5)25(20-11-14-23(33)15-12-20)26(34)30-22-13-10-19-8-6-7-9-21(19)16-22/h6-16,18,24-25,33,38H,17H2,1-5H3,(H,30,34)(H,31,36). The van der Waals surface area contributed by atoms with E-state index < -0.39 is 41.6 Å². The quantitative estimate of drug-likeness (QED) is 0.292. The number of ether oxygens (including phenoxy) is 1. The topological polar surface area (TPSA) is 108 Å². The van der Waals surface area contributed by atoms with Crippen molar-refractivity contribution in [3.8, 4) is 5.75 Å². The Balaban J connectivity index is 1.96. The van der Waals surface area contributed by atoms with Crippen LogP contribution in [0.5, 0.6) is 5.75 Å². The number of anilines is 1. The van der Waals surface area contributed by atoms with Crippen LogP contribution >= 0.6 is 12.6 Å². The zero-order chi connectivity index (χ0) is 28.0. The molecule has 38 heavy (non-hydrogen) atoms. The summed E-state index contributed by atoms with van der Waals surface area (Å²) in [4.78, 5) is 41.5. The van der Waals surface area contributed by atoms with Gasteiger partial charge in [-0.1, -0.05) is 42.5 Å². The fraction of sp³-hybridized carbons (Fsp3) is 0.345. The predicted molar refractivity (Wildman–Crippen MR) is 152 cm³/mol. The highest BCUT2D eigenvalue weighted by molar-refractivity contribution is 7.80. The van der Waals surface area contributed by atoms with Crippen molar-refractivity contribution in [2.45, 2.75) is 58.3 Å². The number of aromatic hydroxyl groups is 1. The number of rotatable bonds is 8. The van der Waals surface area contributed by atoms with Gasteiger partial charge in [0, 0.05) is 17.5 Å². The SMILES string of the molecule is CC(C)N(C(=O)C(CS)NC(=O)OC(C)(C)C)C(C(=O)Nc1ccc2ccccc2c1)c1ccc(O)cc1. The molecule has 3 aromatic carbocycles. The van der Waals surface area contributed by atoms with Gasteiger partial charge in [-0.3, -0.25) is 9.59 Å². The maximum Gasteiger partial charge on any atom is 0.408 e. The molecule has 2 atom stereocenters. The molecule has 0 radical (unpaired) electrons. The van der Waals surface area contributed by atoms with Crippen LogP contribution in [0.15, 0.2) is 66.7 Å². The zero-order valence-electron chi connectivity index (χ0n) is 22.3. The van der Waals surface area contributed by atoms with E-state index in [0.29, 0.717) is 11.3 Å². The average Bonchev–Trinajstić information content (AvgIpc) is 2.84. The summed E-state index contributed by atoms with van der Waals surface area (Å²) in [5.41, 5.74) is 0.324. The Morgan fingerprint density at radius 2 is 1.61 bits per heavy atom. The number of carbonyl (C=O) groups is 3. The van der Waals surface area contributed by atoms with Crippen LogP contribution < -0.4 is 10.6 Å². The minimum atomic E-state index is -1.06. The lowest BCUT2D eigenvalue weighted by Gasteiger charge is -2.37. The lowest BCUT2D eigenvalue weighted by Crippen LogP contribution is -2.55. The summed E-state index contributed by atoms with van der Waals surface area (Å²) < 4.78 is 5.32. The summed E-state index contributed by atoms with van der Waals surface area (Å²) in [5.74, 6) is -0.906. The van der Waals surface area contributed by atoms with E-state index in [1.807, 2.05) is 36.4 Å². The van der Waals surface area contributed by atoms with Gasteiger partial charge in [0.05, 0.1) is 0 Å². The van der Waals surface area contributed by atoms with Gasteiger partial charge in [0.1, 0.15) is 23.4 Å². The Morgan fingerprint density at radius 1 is 0.974 bits per heavy atom. The van der Waals surface area contributed by atoms with E-state index in [0.717, 1.165) is 10.8 Å². The summed E-state index contributed by atoms with van der Waals surface area (Å²) in [6.07, 6.45) is -0.754. The molecule has 0 aliphatic carbocycles. The van der Waals surface area contributed by atoms with Gasteiger partial charge in [0.25, 0.3) is 5.91 Å². The van der Waals surface area contributed by atoms with E-state index in [-0.39, 0.29) is 11.5 Å². The molecule has 202 valence electrons. The third kappa shape index (κ3) is 7.41. The molecule has 0 saturated carbocycles. The van der Waals surface area contributed by atoms with Gasteiger partial charge in [-0.15, -0.1) is 0 Å². The van der Waals surface area contributed by atoms with E-state index in [2.05, 4.69) is 23.3 Å². The van der Waals surface area contributed by atoms with Crippen molar-refractivity contribution in [3.05, 3.63) is 72.3 Å². The van der Waals surface area contributed by atoms with Crippen LogP contribution in [-0.4, -0.2) is 51.4 Å². The predicted octanol–water partition coefficient (Wildman–Crippen LogP) is 5.29. The fourth-order valence-electron chi connectivity index (χ4n) is 4.07. The van der Waals surface area contributed by atoms with Gasteiger partial charge in [-0.05, 0) is 75.2 Å². The Kier molecular flexibility index (Phi) is 9.27. The maximum absolute atomic E-state index is 13.8. The average molecular weight is 538 g/mol. The second-order valence-electron chi connectivity index (χ2n) is 10.3. The molecule has 3 amide bonds. The Morgan fingerprint density at radius 3 is 2.18 bits per heavy atom. The van der Waals surface area contributed by atoms with Crippen molar-refractivity contribution in [3.63, 3.8) is 0 Å². The van der Waals surface area contributed by atoms with Crippen LogP contribution in [0.1, 0.15) is 46.2 Å². The summed E-state index contributed by atoms with van der Waals surface area (Å²) in [6, 6.07) is 17.0. The van der Waals surface area contributed by atoms with E-state index in [1.165, 1.54) is 17.0 Å². The number of alkyl carbamates (subject to hydrolysis) is 1. The van der Waals surface area contributed by atoms with Crippen LogP contribution in [0.2, 0.25) is 0 Å². The van der Waals surface area contributed by atoms with Gasteiger partial charge in [-0.2, -0.15) is 12.6 Å². The van der Waals surface area contributed by atoms with Gasteiger partial charge < -0.3 is 25.4 Å². The number of nitrogens with zero attached hydrogens (tertiary/aromatic N) is 1. The first kappa shape index (κ1) is 28.8. The molecule has 0 saturated heterocycles. The number of carbonyl (C=O) groups excluding carboxylic acids is 3. The number of hydrogen-bond donors (Lipinski definition) is 4. The molecule has 0 bridgehead atoms. The first-order chi connectivity index (χ1) is 17.9. The lowest BCUT2D eigenvalue weighted by atomic mass is 10.0. The van der Waals surface area contributed by atoms with Gasteiger partial charge in [0.15, 0.2) is 0 Å². The number of thiol groups is 1. The number of phenols is 1. The largest absolute Gasteiger partial charge is 0.508 e. The van der Waals surface area contributed by atoms with Gasteiger partial charge >= 0.3 is 6.09 Å². The van der Waals surface area contributed by atoms with Gasteiger partial charge in [0.2, 0.25) is 5.91 Å². The van der Waals surface area contributed by atoms with Crippen LogP contribution in [0.25, 0.3) is 10.8 Å². The normalized spacial score (nSPS) is 13.0. The summed E-state index contributed by atoms with van der Waals surface area (Å²) in [6.45, 7) is 8.75. The Hall–Kier alpha value is -3.72. The van der Waals surface area contributed by atoms with Crippen molar-refractivity contribution in [1.82, 2.24) is 10.2 Å². The maximum atomic E-state index is 13.8. The summed E-state index contributed by atoms with van der Waals surface area (Å²) in [7, 11) is 0. The second-order valence-corrected chi connectivity index (χ2v) is 10.6. The van der Waals surface area contributed by atoms with E-state index >= 15 is 0 Å². The highest BCUT2D eigenvalue weighted by atomic mass is 32.1. The first-order valence-electron chi connectivity index (χ1n) is 12.4. The van der Waals surface area contributed by atoms with Crippen molar-refractivity contribution < 1.29 is 24.2 Å². The van der Waals surface area contributed by atoms with E-state index in [1.54, 1.807) is 52.8 Å². The Labute approximate surface area is 228 Å². The smallest absolute Gasteiger partial charge is 0.408 e. The number of fused-ring (bicyclic) bond motifs is 1. The third-order valence-electron chi connectivity index (χ3n) is 5.73. The minimum absolute atomic E-state index is 0.00408. The van der Waals surface area contributed by atoms with Crippen molar-refractivity contribution in [1.29, 1.82) is 0 Å². The van der Waals surface area contributed by atoms with Crippen LogP contribution in [0, 0.1) is 0 Å². The van der Waals surface area contributed by atoms with Crippen LogP contribution in [-0.2, 0) is 14.3 Å². The molecule has 3 N–H and O–H groups in total. The number of benzene rings is 3. The molecular formula is C29H35N3O5S. The number of amides is 3. The Bertz CT molecular complexity index is 1290. The number of hydrogen-bond acceptors (Lipinski definition) is 6. The first-order valence-corrected chi connectivity index (χ1v) is 13.0. The highest BCUT2D eigenvalue weighted by Crippen LogP contribution is 2.28. The molecule has 0 aliphatic rings. The molecule has 2 unspecified atom stereocenters.